The van der Waals surface area contributed by atoms with Gasteiger partial charge in [-0.3, -0.25) is 9.78 Å². The molecule has 1 aromatic rings. The average Bonchev–Trinajstić information content (AvgIpc) is 3.14. The molecule has 1 saturated heterocycles. The minimum atomic E-state index is 0.0406. The molecule has 1 amide bonds. The van der Waals surface area contributed by atoms with Crippen molar-refractivity contribution in [2.45, 2.75) is 31.7 Å². The van der Waals surface area contributed by atoms with Gasteiger partial charge in [-0.05, 0) is 42.9 Å². The van der Waals surface area contributed by atoms with Gasteiger partial charge in [-0.15, -0.1) is 0 Å². The maximum Gasteiger partial charge on any atom is 0.216 e. The van der Waals surface area contributed by atoms with E-state index in [2.05, 4.69) is 21.7 Å². The molecular weight excluding hydrogens is 254 g/mol. The topological polar surface area (TPSA) is 63.2 Å². The fraction of sp³-hybridized carbons (Fsp3) is 0.600. The summed E-state index contributed by atoms with van der Waals surface area (Å²) >= 11 is 0. The van der Waals surface area contributed by atoms with E-state index in [-0.39, 0.29) is 5.91 Å². The van der Waals surface area contributed by atoms with Crippen LogP contribution in [0.3, 0.4) is 0 Å². The van der Waals surface area contributed by atoms with Crippen molar-refractivity contribution < 1.29 is 9.53 Å². The van der Waals surface area contributed by atoms with E-state index in [9.17, 15) is 4.79 Å². The molecule has 2 aliphatic rings. The number of rotatable bonds is 6. The number of nitrogens with one attached hydrogen (secondary N) is 2. The molecule has 0 bridgehead atoms. The molecule has 1 aliphatic heterocycles. The van der Waals surface area contributed by atoms with Gasteiger partial charge in [0, 0.05) is 25.7 Å². The first-order valence-electron chi connectivity index (χ1n) is 7.28. The molecule has 5 heteroatoms. The Morgan fingerprint density at radius 1 is 1.55 bits per heavy atom. The third-order valence-corrected chi connectivity index (χ3v) is 4.08. The Kier molecular flexibility index (Phi) is 3.87. The molecule has 0 radical (unpaired) electrons. The Bertz CT molecular complexity index is 488. The monoisotopic (exact) mass is 275 g/mol. The van der Waals surface area contributed by atoms with Gasteiger partial charge in [0.05, 0.1) is 6.20 Å². The lowest BCUT2D eigenvalue weighted by Gasteiger charge is -2.27. The molecule has 5 nitrogen and oxygen atoms in total. The van der Waals surface area contributed by atoms with Gasteiger partial charge in [-0.25, -0.2) is 0 Å². The second-order valence-corrected chi connectivity index (χ2v) is 5.74. The van der Waals surface area contributed by atoms with Gasteiger partial charge in [0.15, 0.2) is 0 Å². The Morgan fingerprint density at radius 3 is 3.10 bits per heavy atom. The summed E-state index contributed by atoms with van der Waals surface area (Å²) < 4.78 is 5.77. The van der Waals surface area contributed by atoms with E-state index in [4.69, 9.17) is 4.74 Å². The van der Waals surface area contributed by atoms with Crippen molar-refractivity contribution in [1.29, 1.82) is 0 Å². The van der Waals surface area contributed by atoms with E-state index in [0.29, 0.717) is 24.5 Å². The van der Waals surface area contributed by atoms with Gasteiger partial charge < -0.3 is 15.4 Å². The van der Waals surface area contributed by atoms with Crippen LogP contribution in [0.1, 0.15) is 31.2 Å². The molecule has 3 rings (SSSR count). The van der Waals surface area contributed by atoms with E-state index in [0.717, 1.165) is 25.3 Å². The predicted octanol–water partition coefficient (Wildman–Crippen LogP) is 1.06. The fourth-order valence-electron chi connectivity index (χ4n) is 2.56. The van der Waals surface area contributed by atoms with Crippen LogP contribution in [0, 0.1) is 5.92 Å². The third-order valence-electron chi connectivity index (χ3n) is 4.08. The average molecular weight is 275 g/mol. The first-order chi connectivity index (χ1) is 9.72. The number of carbonyl (C=O) groups is 1. The summed E-state index contributed by atoms with van der Waals surface area (Å²) in [5.41, 5.74) is 1.22. The van der Waals surface area contributed by atoms with Gasteiger partial charge in [0.1, 0.15) is 12.4 Å². The molecule has 0 spiro atoms. The summed E-state index contributed by atoms with van der Waals surface area (Å²) in [6, 6.07) is 2.58. The van der Waals surface area contributed by atoms with Gasteiger partial charge in [0.25, 0.3) is 0 Å². The Balaban J connectivity index is 1.51. The summed E-state index contributed by atoms with van der Waals surface area (Å²) in [5.74, 6) is 1.95. The highest BCUT2D eigenvalue weighted by molar-refractivity contribution is 5.72. The molecule has 20 heavy (non-hydrogen) atoms. The van der Waals surface area contributed by atoms with E-state index in [1.165, 1.54) is 12.0 Å². The van der Waals surface area contributed by atoms with Crippen LogP contribution < -0.4 is 15.4 Å². The lowest BCUT2D eigenvalue weighted by atomic mass is 10.1. The molecule has 1 aromatic heterocycles. The van der Waals surface area contributed by atoms with Crippen LogP contribution in [0.5, 0.6) is 5.75 Å². The highest BCUT2D eigenvalue weighted by Crippen LogP contribution is 2.47. The van der Waals surface area contributed by atoms with Crippen LogP contribution in [0.25, 0.3) is 0 Å². The van der Waals surface area contributed by atoms with Crippen LogP contribution in [0.2, 0.25) is 0 Å². The van der Waals surface area contributed by atoms with Crippen LogP contribution in [-0.4, -0.2) is 36.6 Å². The summed E-state index contributed by atoms with van der Waals surface area (Å²) in [6.45, 7) is 4.13. The zero-order valence-corrected chi connectivity index (χ0v) is 11.8. The van der Waals surface area contributed by atoms with E-state index < -0.39 is 0 Å². The van der Waals surface area contributed by atoms with Crippen molar-refractivity contribution in [2.24, 2.45) is 5.92 Å². The van der Waals surface area contributed by atoms with Gasteiger partial charge in [0.2, 0.25) is 5.91 Å². The van der Waals surface area contributed by atoms with E-state index in [1.54, 1.807) is 13.1 Å². The molecule has 2 N–H and O–H groups in total. The number of nitrogens with zero attached hydrogens (tertiary/aromatic N) is 1. The van der Waals surface area contributed by atoms with E-state index >= 15 is 0 Å². The quantitative estimate of drug-likeness (QED) is 0.815. The minimum absolute atomic E-state index is 0.0406. The lowest BCUT2D eigenvalue weighted by Crippen LogP contribution is -2.46. The number of carbonyl (C=O) groups excluding carboxylic acids is 1. The van der Waals surface area contributed by atoms with Gasteiger partial charge in [-0.1, -0.05) is 0 Å². The molecular formula is C15H21N3O2. The molecule has 1 aliphatic carbocycles. The highest BCUT2D eigenvalue weighted by Gasteiger charge is 2.38. The van der Waals surface area contributed by atoms with Gasteiger partial charge >= 0.3 is 0 Å². The Hall–Kier alpha value is -1.62. The maximum absolute atomic E-state index is 10.9. The predicted molar refractivity (Wildman–Crippen MR) is 75.7 cm³/mol. The second-order valence-electron chi connectivity index (χ2n) is 5.74. The molecule has 1 saturated carbocycles. The largest absolute Gasteiger partial charge is 0.490 e. The molecule has 2 fully saturated rings. The van der Waals surface area contributed by atoms with Crippen molar-refractivity contribution in [3.8, 4) is 5.75 Å². The smallest absolute Gasteiger partial charge is 0.216 e. The van der Waals surface area contributed by atoms with Crippen molar-refractivity contribution in [3.05, 3.63) is 24.0 Å². The Morgan fingerprint density at radius 2 is 2.40 bits per heavy atom. The van der Waals surface area contributed by atoms with Crippen LogP contribution in [0.4, 0.5) is 0 Å². The van der Waals surface area contributed by atoms with Crippen molar-refractivity contribution in [2.75, 3.05) is 19.7 Å². The molecule has 0 aromatic carbocycles. The zero-order valence-electron chi connectivity index (χ0n) is 11.8. The number of aromatic nitrogens is 1. The minimum Gasteiger partial charge on any atom is -0.490 e. The van der Waals surface area contributed by atoms with Crippen molar-refractivity contribution in [1.82, 2.24) is 15.6 Å². The van der Waals surface area contributed by atoms with Gasteiger partial charge in [-0.2, -0.15) is 0 Å². The second kappa shape index (κ2) is 5.79. The maximum atomic E-state index is 10.9. The number of hydrogen-bond donors (Lipinski definition) is 2. The molecule has 108 valence electrons. The molecule has 0 unspecified atom stereocenters. The van der Waals surface area contributed by atoms with Crippen molar-refractivity contribution >= 4 is 5.91 Å². The van der Waals surface area contributed by atoms with Crippen LogP contribution in [-0.2, 0) is 4.79 Å². The number of hydrogen-bond acceptors (Lipinski definition) is 4. The van der Waals surface area contributed by atoms with Crippen LogP contribution >= 0.6 is 0 Å². The Labute approximate surface area is 119 Å². The molecule has 2 heterocycles. The SMILES string of the molecule is CC(=O)NC[C@@H]1C[C@@H]1c1cncc(OC[C@@H]2CCN2)c1. The number of amides is 1. The first kappa shape index (κ1) is 13.4. The normalized spacial score (nSPS) is 27.6. The standard InChI is InChI=1S/C15H21N3O2/c1-10(19)18-7-12-5-15(12)11-4-14(8-16-6-11)20-9-13-2-3-17-13/h4,6,8,12-13,15,17H,2-3,5,7,9H2,1H3,(H,18,19)/t12-,13-,15+/m0/s1. The summed E-state index contributed by atoms with van der Waals surface area (Å²) in [6.07, 6.45) is 5.99. The summed E-state index contributed by atoms with van der Waals surface area (Å²) in [4.78, 5) is 15.2. The zero-order chi connectivity index (χ0) is 13.9. The highest BCUT2D eigenvalue weighted by atomic mass is 16.5. The summed E-state index contributed by atoms with van der Waals surface area (Å²) in [7, 11) is 0. The lowest BCUT2D eigenvalue weighted by molar-refractivity contribution is -0.119. The fourth-order valence-corrected chi connectivity index (χ4v) is 2.56. The number of pyridine rings is 1. The van der Waals surface area contributed by atoms with Crippen molar-refractivity contribution in [3.63, 3.8) is 0 Å². The third kappa shape index (κ3) is 3.28. The van der Waals surface area contributed by atoms with Crippen LogP contribution in [0.15, 0.2) is 18.5 Å². The first-order valence-corrected chi connectivity index (χ1v) is 7.28. The number of ether oxygens (including phenoxy) is 1. The summed E-state index contributed by atoms with van der Waals surface area (Å²) in [5, 5.41) is 6.19. The molecule has 3 atom stereocenters. The van der Waals surface area contributed by atoms with E-state index in [1.807, 2.05) is 6.20 Å².